The van der Waals surface area contributed by atoms with E-state index in [1.54, 1.807) is 0 Å². The largest absolute Gasteiger partial charge is 0.394 e. The van der Waals surface area contributed by atoms with Gasteiger partial charge in [-0.2, -0.15) is 0 Å². The molecule has 0 aromatic heterocycles. The molecule has 2 N–H and O–H groups in total. The Balaban J connectivity index is 1.64. The van der Waals surface area contributed by atoms with Crippen LogP contribution in [0.2, 0.25) is 0 Å². The Hall–Kier alpha value is -0.240. The number of aliphatic hydroxyl groups excluding tert-OH is 2. The molecule has 2 fully saturated rings. The molecule has 0 bridgehead atoms. The second-order valence-electron chi connectivity index (χ2n) is 3.91. The average molecular weight is 234 g/mol. The van der Waals surface area contributed by atoms with Crippen molar-refractivity contribution < 1.29 is 29.2 Å². The van der Waals surface area contributed by atoms with Gasteiger partial charge in [0, 0.05) is 0 Å². The minimum Gasteiger partial charge on any atom is -0.394 e. The van der Waals surface area contributed by atoms with Crippen LogP contribution in [0, 0.1) is 0 Å². The Bertz CT molecular complexity index is 211. The van der Waals surface area contributed by atoms with Gasteiger partial charge in [0.25, 0.3) is 0 Å². The molecule has 2 saturated heterocycles. The van der Waals surface area contributed by atoms with E-state index in [0.29, 0.717) is 33.0 Å². The Labute approximate surface area is 94.1 Å². The predicted octanol–water partition coefficient (Wildman–Crippen LogP) is -1.46. The van der Waals surface area contributed by atoms with Crippen molar-refractivity contribution in [3.8, 4) is 0 Å². The van der Waals surface area contributed by atoms with Gasteiger partial charge >= 0.3 is 0 Å². The molecule has 0 spiro atoms. The summed E-state index contributed by atoms with van der Waals surface area (Å²) in [5.74, 6) is 0. The maximum Gasteiger partial charge on any atom is 0.115 e. The maximum atomic E-state index is 9.50. The quantitative estimate of drug-likeness (QED) is 0.547. The van der Waals surface area contributed by atoms with Crippen LogP contribution >= 0.6 is 0 Å². The molecule has 0 radical (unpaired) electrons. The molecule has 2 aliphatic rings. The van der Waals surface area contributed by atoms with Crippen molar-refractivity contribution in [1.29, 1.82) is 0 Å². The van der Waals surface area contributed by atoms with Gasteiger partial charge in [0.2, 0.25) is 0 Å². The number of aliphatic hydroxyl groups is 2. The second-order valence-corrected chi connectivity index (χ2v) is 3.91. The molecule has 0 aromatic rings. The van der Waals surface area contributed by atoms with Gasteiger partial charge in [-0.15, -0.1) is 0 Å². The van der Waals surface area contributed by atoms with E-state index in [1.165, 1.54) is 0 Å². The van der Waals surface area contributed by atoms with E-state index in [-0.39, 0.29) is 24.9 Å². The van der Waals surface area contributed by atoms with Crippen molar-refractivity contribution >= 4 is 0 Å². The summed E-state index contributed by atoms with van der Waals surface area (Å²) in [6.07, 6.45) is -1.07. The normalized spacial score (nSPS) is 37.9. The molecule has 2 aliphatic heterocycles. The molecule has 0 aliphatic carbocycles. The monoisotopic (exact) mass is 234 g/mol. The number of ether oxygens (including phenoxy) is 4. The lowest BCUT2D eigenvalue weighted by Crippen LogP contribution is -2.33. The van der Waals surface area contributed by atoms with Gasteiger partial charge in [-0.1, -0.05) is 0 Å². The second kappa shape index (κ2) is 5.90. The molecule has 0 amide bonds. The van der Waals surface area contributed by atoms with Gasteiger partial charge in [0.1, 0.15) is 24.4 Å². The van der Waals surface area contributed by atoms with Crippen LogP contribution in [-0.2, 0) is 18.9 Å². The number of fused-ring (bicyclic) bond motifs is 1. The third kappa shape index (κ3) is 2.71. The smallest absolute Gasteiger partial charge is 0.115 e. The molecule has 2 rings (SSSR count). The van der Waals surface area contributed by atoms with E-state index in [9.17, 15) is 5.11 Å². The van der Waals surface area contributed by atoms with E-state index in [2.05, 4.69) is 0 Å². The van der Waals surface area contributed by atoms with Gasteiger partial charge in [-0.25, -0.2) is 0 Å². The van der Waals surface area contributed by atoms with Gasteiger partial charge in [-0.3, -0.25) is 0 Å². The summed E-state index contributed by atoms with van der Waals surface area (Å²) >= 11 is 0. The fourth-order valence-electron chi connectivity index (χ4n) is 2.01. The highest BCUT2D eigenvalue weighted by molar-refractivity contribution is 4.94. The first-order chi connectivity index (χ1) is 7.83. The van der Waals surface area contributed by atoms with Crippen molar-refractivity contribution in [2.75, 3.05) is 39.6 Å². The maximum absolute atomic E-state index is 9.50. The van der Waals surface area contributed by atoms with Crippen LogP contribution in [0.4, 0.5) is 0 Å². The summed E-state index contributed by atoms with van der Waals surface area (Å²) in [6.45, 7) is 1.99. The topological polar surface area (TPSA) is 77.4 Å². The van der Waals surface area contributed by atoms with Crippen LogP contribution in [0.3, 0.4) is 0 Å². The van der Waals surface area contributed by atoms with Crippen LogP contribution < -0.4 is 0 Å². The Morgan fingerprint density at radius 1 is 1.06 bits per heavy atom. The number of rotatable bonds is 6. The van der Waals surface area contributed by atoms with Crippen LogP contribution in [0.25, 0.3) is 0 Å². The predicted molar refractivity (Wildman–Crippen MR) is 53.1 cm³/mol. The van der Waals surface area contributed by atoms with E-state index in [0.717, 1.165) is 0 Å². The standard InChI is InChI=1S/C10H18O6/c11-1-2-13-3-4-14-8-6-16-9-7(12)5-15-10(8)9/h7-12H,1-6H2/t7-,8+,9+,10+/m0/s1. The fraction of sp³-hybridized carbons (Fsp3) is 1.00. The summed E-state index contributed by atoms with van der Waals surface area (Å²) in [5, 5.41) is 18.0. The van der Waals surface area contributed by atoms with Gasteiger partial charge in [-0.05, 0) is 0 Å². The lowest BCUT2D eigenvalue weighted by molar-refractivity contribution is -0.0552. The van der Waals surface area contributed by atoms with Crippen LogP contribution in [-0.4, -0.2) is 74.3 Å². The molecule has 6 nitrogen and oxygen atoms in total. The highest BCUT2D eigenvalue weighted by atomic mass is 16.6. The van der Waals surface area contributed by atoms with Crippen molar-refractivity contribution in [2.24, 2.45) is 0 Å². The zero-order chi connectivity index (χ0) is 11.4. The van der Waals surface area contributed by atoms with E-state index in [1.807, 2.05) is 0 Å². The van der Waals surface area contributed by atoms with E-state index in [4.69, 9.17) is 24.1 Å². The third-order valence-electron chi connectivity index (χ3n) is 2.78. The molecule has 4 atom stereocenters. The van der Waals surface area contributed by atoms with Crippen molar-refractivity contribution in [3.63, 3.8) is 0 Å². The molecule has 0 unspecified atom stereocenters. The summed E-state index contributed by atoms with van der Waals surface area (Å²) in [5.41, 5.74) is 0. The summed E-state index contributed by atoms with van der Waals surface area (Å²) in [4.78, 5) is 0. The van der Waals surface area contributed by atoms with Crippen molar-refractivity contribution in [3.05, 3.63) is 0 Å². The Kier molecular flexibility index (Phi) is 4.51. The zero-order valence-corrected chi connectivity index (χ0v) is 9.08. The molecular formula is C10H18O6. The highest BCUT2D eigenvalue weighted by Gasteiger charge is 2.47. The lowest BCUT2D eigenvalue weighted by atomic mass is 10.1. The summed E-state index contributed by atoms with van der Waals surface area (Å²) in [6, 6.07) is 0. The molecule has 0 aromatic carbocycles. The zero-order valence-electron chi connectivity index (χ0n) is 9.08. The van der Waals surface area contributed by atoms with Crippen LogP contribution in [0.5, 0.6) is 0 Å². The molecule has 94 valence electrons. The van der Waals surface area contributed by atoms with Gasteiger partial charge in [0.05, 0.1) is 39.6 Å². The van der Waals surface area contributed by atoms with Gasteiger partial charge in [0.15, 0.2) is 0 Å². The Morgan fingerprint density at radius 3 is 2.69 bits per heavy atom. The minimum atomic E-state index is -0.538. The summed E-state index contributed by atoms with van der Waals surface area (Å²) in [7, 11) is 0. The van der Waals surface area contributed by atoms with E-state index >= 15 is 0 Å². The lowest BCUT2D eigenvalue weighted by Gasteiger charge is -2.16. The van der Waals surface area contributed by atoms with Crippen molar-refractivity contribution in [1.82, 2.24) is 0 Å². The Morgan fingerprint density at radius 2 is 1.88 bits per heavy atom. The number of hydrogen-bond acceptors (Lipinski definition) is 6. The third-order valence-corrected chi connectivity index (χ3v) is 2.78. The SMILES string of the molecule is OCCOCCO[C@@H]1CO[C@H]2[C@@H]1OC[C@@H]2O. The first-order valence-electron chi connectivity index (χ1n) is 5.54. The summed E-state index contributed by atoms with van der Waals surface area (Å²) < 4.78 is 21.4. The first kappa shape index (κ1) is 12.2. The number of hydrogen-bond donors (Lipinski definition) is 2. The average Bonchev–Trinajstić information content (AvgIpc) is 2.83. The molecular weight excluding hydrogens is 216 g/mol. The minimum absolute atomic E-state index is 0.0204. The van der Waals surface area contributed by atoms with E-state index < -0.39 is 6.10 Å². The van der Waals surface area contributed by atoms with Crippen LogP contribution in [0.1, 0.15) is 0 Å². The molecule has 0 saturated carbocycles. The highest BCUT2D eigenvalue weighted by Crippen LogP contribution is 2.28. The van der Waals surface area contributed by atoms with Crippen molar-refractivity contribution in [2.45, 2.75) is 24.4 Å². The fourth-order valence-corrected chi connectivity index (χ4v) is 2.01. The molecule has 2 heterocycles. The molecule has 6 heteroatoms. The van der Waals surface area contributed by atoms with Crippen LogP contribution in [0.15, 0.2) is 0 Å². The first-order valence-corrected chi connectivity index (χ1v) is 5.54. The molecule has 16 heavy (non-hydrogen) atoms. The van der Waals surface area contributed by atoms with Gasteiger partial charge < -0.3 is 29.2 Å².